The summed E-state index contributed by atoms with van der Waals surface area (Å²) in [7, 11) is 0. The van der Waals surface area contributed by atoms with E-state index in [0.29, 0.717) is 18.0 Å². The van der Waals surface area contributed by atoms with E-state index in [1.807, 2.05) is 0 Å². The molecular formula is C15H24FN3O. The van der Waals surface area contributed by atoms with Crippen LogP contribution in [0.15, 0.2) is 18.3 Å². The van der Waals surface area contributed by atoms with Crippen LogP contribution in [0.1, 0.15) is 26.7 Å². The van der Waals surface area contributed by atoms with Crippen LogP contribution in [0.5, 0.6) is 0 Å². The first-order chi connectivity index (χ1) is 9.65. The summed E-state index contributed by atoms with van der Waals surface area (Å²) in [4.78, 5) is 6.42. The fourth-order valence-corrected chi connectivity index (χ4v) is 2.65. The fraction of sp³-hybridized carbons (Fsp3) is 0.667. The lowest BCUT2D eigenvalue weighted by Gasteiger charge is -2.35. The SMILES string of the molecule is CC1CN(CCCCNc2ncccc2F)CC(C)O1. The van der Waals surface area contributed by atoms with E-state index in [2.05, 4.69) is 29.0 Å². The van der Waals surface area contributed by atoms with Crippen molar-refractivity contribution in [3.8, 4) is 0 Å². The van der Waals surface area contributed by atoms with Gasteiger partial charge in [0.15, 0.2) is 11.6 Å². The highest BCUT2D eigenvalue weighted by atomic mass is 19.1. The smallest absolute Gasteiger partial charge is 0.165 e. The average molecular weight is 281 g/mol. The van der Waals surface area contributed by atoms with Crippen LogP contribution in [0.3, 0.4) is 0 Å². The summed E-state index contributed by atoms with van der Waals surface area (Å²) in [5.41, 5.74) is 0. The maximum absolute atomic E-state index is 13.3. The molecule has 2 unspecified atom stereocenters. The number of rotatable bonds is 6. The molecular weight excluding hydrogens is 257 g/mol. The minimum absolute atomic E-state index is 0.289. The van der Waals surface area contributed by atoms with Crippen molar-refractivity contribution >= 4 is 5.82 Å². The third-order valence-electron chi connectivity index (χ3n) is 3.45. The Morgan fingerprint density at radius 1 is 1.35 bits per heavy atom. The second-order valence-corrected chi connectivity index (χ2v) is 5.48. The third kappa shape index (κ3) is 4.72. The second kappa shape index (κ2) is 7.55. The lowest BCUT2D eigenvalue weighted by Crippen LogP contribution is -2.45. The molecule has 1 aliphatic rings. The van der Waals surface area contributed by atoms with Crippen molar-refractivity contribution in [1.82, 2.24) is 9.88 Å². The van der Waals surface area contributed by atoms with E-state index in [9.17, 15) is 4.39 Å². The highest BCUT2D eigenvalue weighted by molar-refractivity contribution is 5.35. The zero-order valence-electron chi connectivity index (χ0n) is 12.3. The van der Waals surface area contributed by atoms with E-state index in [1.54, 1.807) is 12.3 Å². The molecule has 2 rings (SSSR count). The Balaban J connectivity index is 1.61. The molecule has 2 heterocycles. The Labute approximate surface area is 120 Å². The molecule has 0 aromatic carbocycles. The van der Waals surface area contributed by atoms with Gasteiger partial charge in [0.1, 0.15) is 0 Å². The molecule has 0 bridgehead atoms. The van der Waals surface area contributed by atoms with E-state index in [-0.39, 0.29) is 5.82 Å². The summed E-state index contributed by atoms with van der Waals surface area (Å²) in [5.74, 6) is 0.0597. The Bertz CT molecular complexity index is 406. The molecule has 1 aromatic rings. The van der Waals surface area contributed by atoms with Crippen molar-refractivity contribution in [3.05, 3.63) is 24.1 Å². The normalized spacial score (nSPS) is 23.8. The molecule has 0 radical (unpaired) electrons. The second-order valence-electron chi connectivity index (χ2n) is 5.48. The molecule has 20 heavy (non-hydrogen) atoms. The number of hydrogen-bond donors (Lipinski definition) is 1. The van der Waals surface area contributed by atoms with E-state index < -0.39 is 0 Å². The van der Waals surface area contributed by atoms with E-state index >= 15 is 0 Å². The van der Waals surface area contributed by atoms with E-state index in [1.165, 1.54) is 6.07 Å². The molecule has 0 saturated carbocycles. The first-order valence-corrected chi connectivity index (χ1v) is 7.37. The number of nitrogens with one attached hydrogen (secondary N) is 1. The number of halogens is 1. The molecule has 1 fully saturated rings. The molecule has 1 saturated heterocycles. The van der Waals surface area contributed by atoms with Crippen molar-refractivity contribution in [3.63, 3.8) is 0 Å². The average Bonchev–Trinajstić information content (AvgIpc) is 2.39. The fourth-order valence-electron chi connectivity index (χ4n) is 2.65. The maximum Gasteiger partial charge on any atom is 0.165 e. The first-order valence-electron chi connectivity index (χ1n) is 7.37. The zero-order valence-corrected chi connectivity index (χ0v) is 12.3. The number of anilines is 1. The van der Waals surface area contributed by atoms with Crippen molar-refractivity contribution in [2.24, 2.45) is 0 Å². The number of hydrogen-bond acceptors (Lipinski definition) is 4. The Kier molecular flexibility index (Phi) is 5.73. The van der Waals surface area contributed by atoms with Gasteiger partial charge in [-0.25, -0.2) is 9.37 Å². The van der Waals surface area contributed by atoms with Crippen LogP contribution in [-0.2, 0) is 4.74 Å². The highest BCUT2D eigenvalue weighted by Gasteiger charge is 2.21. The highest BCUT2D eigenvalue weighted by Crippen LogP contribution is 2.12. The van der Waals surface area contributed by atoms with Crippen LogP contribution in [0, 0.1) is 5.82 Å². The minimum atomic E-state index is -0.289. The molecule has 112 valence electrons. The van der Waals surface area contributed by atoms with Gasteiger partial charge in [0, 0.05) is 25.8 Å². The van der Waals surface area contributed by atoms with Gasteiger partial charge in [0.2, 0.25) is 0 Å². The van der Waals surface area contributed by atoms with Gasteiger partial charge < -0.3 is 10.1 Å². The van der Waals surface area contributed by atoms with Gasteiger partial charge in [0.25, 0.3) is 0 Å². The van der Waals surface area contributed by atoms with Crippen LogP contribution in [-0.4, -0.2) is 48.3 Å². The predicted octanol–water partition coefficient (Wildman–Crippen LogP) is 2.52. The Morgan fingerprint density at radius 3 is 2.80 bits per heavy atom. The van der Waals surface area contributed by atoms with Crippen molar-refractivity contribution < 1.29 is 9.13 Å². The monoisotopic (exact) mass is 281 g/mol. The van der Waals surface area contributed by atoms with E-state index in [4.69, 9.17) is 4.74 Å². The van der Waals surface area contributed by atoms with E-state index in [0.717, 1.165) is 39.0 Å². The molecule has 2 atom stereocenters. The summed E-state index contributed by atoms with van der Waals surface area (Å²) < 4.78 is 19.0. The van der Waals surface area contributed by atoms with Crippen LogP contribution < -0.4 is 5.32 Å². The van der Waals surface area contributed by atoms with Gasteiger partial charge in [-0.15, -0.1) is 0 Å². The van der Waals surface area contributed by atoms with Crippen molar-refractivity contribution in [1.29, 1.82) is 0 Å². The largest absolute Gasteiger partial charge is 0.373 e. The Morgan fingerprint density at radius 2 is 2.10 bits per heavy atom. The van der Waals surface area contributed by atoms with Gasteiger partial charge in [-0.05, 0) is 45.4 Å². The standard InChI is InChI=1S/C15H24FN3O/c1-12-10-19(11-13(2)20-12)9-4-3-7-17-15-14(16)6-5-8-18-15/h5-6,8,12-13H,3-4,7,9-11H2,1-2H3,(H,17,18). The van der Waals surface area contributed by atoms with Gasteiger partial charge in [-0.2, -0.15) is 0 Å². The predicted molar refractivity (Wildman–Crippen MR) is 78.4 cm³/mol. The van der Waals surface area contributed by atoms with Crippen LogP contribution in [0.4, 0.5) is 10.2 Å². The molecule has 1 aromatic heterocycles. The number of morpholine rings is 1. The maximum atomic E-state index is 13.3. The minimum Gasteiger partial charge on any atom is -0.373 e. The molecule has 1 N–H and O–H groups in total. The lowest BCUT2D eigenvalue weighted by molar-refractivity contribution is -0.0681. The molecule has 0 amide bonds. The topological polar surface area (TPSA) is 37.4 Å². The lowest BCUT2D eigenvalue weighted by atomic mass is 10.2. The number of nitrogens with zero attached hydrogens (tertiary/aromatic N) is 2. The summed E-state index contributed by atoms with van der Waals surface area (Å²) in [5, 5.41) is 3.04. The van der Waals surface area contributed by atoms with Gasteiger partial charge in [0.05, 0.1) is 12.2 Å². The van der Waals surface area contributed by atoms with Crippen LogP contribution in [0.2, 0.25) is 0 Å². The van der Waals surface area contributed by atoms with Crippen LogP contribution >= 0.6 is 0 Å². The number of unbranched alkanes of at least 4 members (excludes halogenated alkanes) is 1. The first kappa shape index (κ1) is 15.2. The van der Waals surface area contributed by atoms with Gasteiger partial charge >= 0.3 is 0 Å². The van der Waals surface area contributed by atoms with Crippen LogP contribution in [0.25, 0.3) is 0 Å². The number of ether oxygens (including phenoxy) is 1. The van der Waals surface area contributed by atoms with Gasteiger partial charge in [-0.3, -0.25) is 4.90 Å². The summed E-state index contributed by atoms with van der Waals surface area (Å²) in [6, 6.07) is 3.02. The van der Waals surface area contributed by atoms with Gasteiger partial charge in [-0.1, -0.05) is 0 Å². The quantitative estimate of drug-likeness (QED) is 0.813. The summed E-state index contributed by atoms with van der Waals surface area (Å²) in [6.07, 6.45) is 4.35. The van der Waals surface area contributed by atoms with Crippen molar-refractivity contribution in [2.45, 2.75) is 38.9 Å². The summed E-state index contributed by atoms with van der Waals surface area (Å²) in [6.45, 7) is 8.08. The molecule has 0 spiro atoms. The molecule has 1 aliphatic heterocycles. The molecule has 4 nitrogen and oxygen atoms in total. The Hall–Kier alpha value is -1.20. The molecule has 5 heteroatoms. The molecule has 0 aliphatic carbocycles. The summed E-state index contributed by atoms with van der Waals surface area (Å²) >= 11 is 0. The number of pyridine rings is 1. The zero-order chi connectivity index (χ0) is 14.4. The third-order valence-corrected chi connectivity index (χ3v) is 3.45. The van der Waals surface area contributed by atoms with Crippen molar-refractivity contribution in [2.75, 3.05) is 31.5 Å². The number of aromatic nitrogens is 1.